The summed E-state index contributed by atoms with van der Waals surface area (Å²) in [5.74, 6) is 0. The summed E-state index contributed by atoms with van der Waals surface area (Å²) in [4.78, 5) is 0. The Hall–Kier alpha value is -1.18. The van der Waals surface area contributed by atoms with E-state index in [0.717, 1.165) is 12.8 Å². The predicted octanol–water partition coefficient (Wildman–Crippen LogP) is 3.43. The SMILES string of the molecule is CC1Cc2cc3c(cc2N1)CC(C(C)(C)C)N3. The summed E-state index contributed by atoms with van der Waals surface area (Å²) in [6, 6.07) is 5.86. The number of benzene rings is 1. The molecule has 2 aliphatic rings. The van der Waals surface area contributed by atoms with E-state index in [1.165, 1.54) is 22.5 Å². The maximum absolute atomic E-state index is 3.69. The summed E-state index contributed by atoms with van der Waals surface area (Å²) in [5.41, 5.74) is 5.99. The number of fused-ring (bicyclic) bond motifs is 2. The molecule has 2 nitrogen and oxygen atoms in total. The minimum absolute atomic E-state index is 0.324. The Bertz CT molecular complexity index is 422. The Morgan fingerprint density at radius 1 is 1.00 bits per heavy atom. The van der Waals surface area contributed by atoms with Gasteiger partial charge in [0.1, 0.15) is 0 Å². The molecule has 3 rings (SSSR count). The molecule has 0 amide bonds. The number of anilines is 2. The molecule has 2 N–H and O–H groups in total. The van der Waals surface area contributed by atoms with E-state index in [2.05, 4.69) is 50.5 Å². The lowest BCUT2D eigenvalue weighted by Crippen LogP contribution is -2.31. The van der Waals surface area contributed by atoms with Crippen LogP contribution in [0.2, 0.25) is 0 Å². The molecule has 0 fully saturated rings. The van der Waals surface area contributed by atoms with Crippen LogP contribution in [-0.2, 0) is 12.8 Å². The number of hydrogen-bond acceptors (Lipinski definition) is 2. The molecule has 2 atom stereocenters. The van der Waals surface area contributed by atoms with Gasteiger partial charge in [-0.25, -0.2) is 0 Å². The molecule has 2 heteroatoms. The van der Waals surface area contributed by atoms with Gasteiger partial charge in [0.2, 0.25) is 0 Å². The zero-order chi connectivity index (χ0) is 12.2. The highest BCUT2D eigenvalue weighted by molar-refractivity contribution is 5.69. The maximum atomic E-state index is 3.69. The highest BCUT2D eigenvalue weighted by Gasteiger charge is 2.32. The summed E-state index contributed by atoms with van der Waals surface area (Å²) in [5, 5.41) is 7.24. The molecule has 2 unspecified atom stereocenters. The van der Waals surface area contributed by atoms with Crippen LogP contribution in [0, 0.1) is 5.41 Å². The van der Waals surface area contributed by atoms with Gasteiger partial charge in [-0.2, -0.15) is 0 Å². The van der Waals surface area contributed by atoms with Crippen molar-refractivity contribution >= 4 is 11.4 Å². The summed E-state index contributed by atoms with van der Waals surface area (Å²) in [7, 11) is 0. The van der Waals surface area contributed by atoms with Crippen LogP contribution in [0.25, 0.3) is 0 Å². The lowest BCUT2D eigenvalue weighted by Gasteiger charge is -2.27. The van der Waals surface area contributed by atoms with Gasteiger partial charge in [-0.1, -0.05) is 20.8 Å². The van der Waals surface area contributed by atoms with Gasteiger partial charge in [0.15, 0.2) is 0 Å². The molecule has 0 spiro atoms. The number of hydrogen-bond donors (Lipinski definition) is 2. The van der Waals surface area contributed by atoms with Gasteiger partial charge >= 0.3 is 0 Å². The molecule has 0 aliphatic carbocycles. The second kappa shape index (κ2) is 3.41. The van der Waals surface area contributed by atoms with Crippen molar-refractivity contribution < 1.29 is 0 Å². The average Bonchev–Trinajstić information content (AvgIpc) is 2.73. The summed E-state index contributed by atoms with van der Waals surface area (Å²) >= 11 is 0. The van der Waals surface area contributed by atoms with Crippen LogP contribution in [0.15, 0.2) is 12.1 Å². The first-order valence-electron chi connectivity index (χ1n) is 6.62. The van der Waals surface area contributed by atoms with Crippen molar-refractivity contribution in [2.24, 2.45) is 5.41 Å². The van der Waals surface area contributed by atoms with Gasteiger partial charge in [0, 0.05) is 23.5 Å². The molecule has 17 heavy (non-hydrogen) atoms. The fourth-order valence-electron chi connectivity index (χ4n) is 2.92. The fraction of sp³-hybridized carbons (Fsp3) is 0.600. The van der Waals surface area contributed by atoms with E-state index in [1.54, 1.807) is 0 Å². The highest BCUT2D eigenvalue weighted by atomic mass is 15.0. The molecule has 0 aromatic heterocycles. The molecule has 1 aromatic carbocycles. The smallest absolute Gasteiger partial charge is 0.0380 e. The first kappa shape index (κ1) is 10.9. The monoisotopic (exact) mass is 230 g/mol. The van der Waals surface area contributed by atoms with E-state index in [4.69, 9.17) is 0 Å². The minimum Gasteiger partial charge on any atom is -0.382 e. The van der Waals surface area contributed by atoms with Crippen molar-refractivity contribution in [3.05, 3.63) is 23.3 Å². The van der Waals surface area contributed by atoms with Gasteiger partial charge in [-0.3, -0.25) is 0 Å². The summed E-state index contributed by atoms with van der Waals surface area (Å²) in [6.07, 6.45) is 2.31. The Kier molecular flexibility index (Phi) is 2.19. The van der Waals surface area contributed by atoms with Crippen LogP contribution < -0.4 is 10.6 Å². The van der Waals surface area contributed by atoms with E-state index in [9.17, 15) is 0 Å². The van der Waals surface area contributed by atoms with E-state index >= 15 is 0 Å². The molecule has 0 saturated carbocycles. The van der Waals surface area contributed by atoms with Crippen molar-refractivity contribution in [1.82, 2.24) is 0 Å². The normalized spacial score (nSPS) is 26.1. The van der Waals surface area contributed by atoms with E-state index in [1.807, 2.05) is 0 Å². The van der Waals surface area contributed by atoms with Gasteiger partial charge in [-0.05, 0) is 48.4 Å². The predicted molar refractivity (Wildman–Crippen MR) is 73.8 cm³/mol. The maximum Gasteiger partial charge on any atom is 0.0380 e. The second-order valence-corrected chi connectivity index (χ2v) is 6.68. The Morgan fingerprint density at radius 3 is 2.24 bits per heavy atom. The molecule has 92 valence electrons. The van der Waals surface area contributed by atoms with Gasteiger partial charge in [0.25, 0.3) is 0 Å². The van der Waals surface area contributed by atoms with E-state index < -0.39 is 0 Å². The number of nitrogens with one attached hydrogen (secondary N) is 2. The molecular formula is C15H22N2. The van der Waals surface area contributed by atoms with Crippen molar-refractivity contribution in [1.29, 1.82) is 0 Å². The first-order chi connectivity index (χ1) is 7.93. The quantitative estimate of drug-likeness (QED) is 0.713. The summed E-state index contributed by atoms with van der Waals surface area (Å²) < 4.78 is 0. The van der Waals surface area contributed by atoms with Crippen molar-refractivity contribution in [2.45, 2.75) is 52.6 Å². The van der Waals surface area contributed by atoms with Crippen molar-refractivity contribution in [3.8, 4) is 0 Å². The molecule has 0 bridgehead atoms. The summed E-state index contributed by atoms with van der Waals surface area (Å²) in [6.45, 7) is 9.18. The highest BCUT2D eigenvalue weighted by Crippen LogP contribution is 2.39. The molecule has 2 aliphatic heterocycles. The van der Waals surface area contributed by atoms with Crippen LogP contribution in [0.4, 0.5) is 11.4 Å². The zero-order valence-electron chi connectivity index (χ0n) is 11.2. The van der Waals surface area contributed by atoms with Crippen LogP contribution in [0.5, 0.6) is 0 Å². The third kappa shape index (κ3) is 1.80. The second-order valence-electron chi connectivity index (χ2n) is 6.68. The lowest BCUT2D eigenvalue weighted by molar-refractivity contribution is 0.347. The lowest BCUT2D eigenvalue weighted by atomic mass is 9.85. The average molecular weight is 230 g/mol. The van der Waals surface area contributed by atoms with Gasteiger partial charge in [-0.15, -0.1) is 0 Å². The Morgan fingerprint density at radius 2 is 1.59 bits per heavy atom. The zero-order valence-corrected chi connectivity index (χ0v) is 11.2. The molecule has 0 radical (unpaired) electrons. The van der Waals surface area contributed by atoms with Crippen molar-refractivity contribution in [2.75, 3.05) is 10.6 Å². The van der Waals surface area contributed by atoms with Crippen LogP contribution in [0.1, 0.15) is 38.8 Å². The van der Waals surface area contributed by atoms with E-state index in [-0.39, 0.29) is 0 Å². The Labute approximate surface area is 104 Å². The van der Waals surface area contributed by atoms with Gasteiger partial charge < -0.3 is 10.6 Å². The van der Waals surface area contributed by atoms with Crippen molar-refractivity contribution in [3.63, 3.8) is 0 Å². The molecular weight excluding hydrogens is 208 g/mol. The topological polar surface area (TPSA) is 24.1 Å². The third-order valence-electron chi connectivity index (χ3n) is 4.06. The number of rotatable bonds is 0. The van der Waals surface area contributed by atoms with Crippen LogP contribution >= 0.6 is 0 Å². The van der Waals surface area contributed by atoms with Crippen LogP contribution in [-0.4, -0.2) is 12.1 Å². The first-order valence-corrected chi connectivity index (χ1v) is 6.62. The Balaban J connectivity index is 1.91. The molecule has 1 aromatic rings. The van der Waals surface area contributed by atoms with Crippen LogP contribution in [0.3, 0.4) is 0 Å². The molecule has 0 saturated heterocycles. The molecule has 2 heterocycles. The fourth-order valence-corrected chi connectivity index (χ4v) is 2.92. The van der Waals surface area contributed by atoms with Gasteiger partial charge in [0.05, 0.1) is 0 Å². The third-order valence-corrected chi connectivity index (χ3v) is 4.06. The largest absolute Gasteiger partial charge is 0.382 e. The minimum atomic E-state index is 0.324. The van der Waals surface area contributed by atoms with E-state index in [0.29, 0.717) is 17.5 Å². The standard InChI is InChI=1S/C15H22N2/c1-9-5-10-6-13-11(7-12(10)16-9)8-14(17-13)15(2,3)4/h6-7,9,14,16-17H,5,8H2,1-4H3.